The third kappa shape index (κ3) is 4.43. The van der Waals surface area contributed by atoms with Crippen LogP contribution in [0, 0.1) is 10.1 Å². The minimum Gasteiger partial charge on any atom is -0.469 e. The summed E-state index contributed by atoms with van der Waals surface area (Å²) in [7, 11) is 0. The van der Waals surface area contributed by atoms with E-state index in [0.29, 0.717) is 11.5 Å². The van der Waals surface area contributed by atoms with Crippen molar-refractivity contribution in [2.45, 2.75) is 31.7 Å². The zero-order valence-corrected chi connectivity index (χ0v) is 16.2. The van der Waals surface area contributed by atoms with E-state index in [1.54, 1.807) is 26.0 Å². The van der Waals surface area contributed by atoms with Gasteiger partial charge in [-0.2, -0.15) is 5.10 Å². The van der Waals surface area contributed by atoms with Crippen LogP contribution in [-0.4, -0.2) is 22.2 Å². The Bertz CT molecular complexity index is 1060. The molecule has 150 valence electrons. The van der Waals surface area contributed by atoms with Gasteiger partial charge in [0.2, 0.25) is 5.54 Å². The molecule has 8 heteroatoms. The van der Waals surface area contributed by atoms with Crippen molar-refractivity contribution in [2.24, 2.45) is 10.8 Å². The van der Waals surface area contributed by atoms with Gasteiger partial charge in [0.25, 0.3) is 0 Å². The Kier molecular flexibility index (Phi) is 5.63. The van der Waals surface area contributed by atoms with E-state index in [-0.39, 0.29) is 11.3 Å². The summed E-state index contributed by atoms with van der Waals surface area (Å²) in [6.45, 7) is 3.08. The quantitative estimate of drug-likeness (QED) is 0.356. The fourth-order valence-electron chi connectivity index (χ4n) is 3.23. The largest absolute Gasteiger partial charge is 0.469 e. The van der Waals surface area contributed by atoms with Gasteiger partial charge in [-0.3, -0.25) is 10.1 Å². The smallest absolute Gasteiger partial charge is 0.332 e. The Labute approximate surface area is 167 Å². The minimum atomic E-state index is -1.33. The SMILES string of the molecule is CC(C)(C(C/C(=N/NC(N)=O)c1ccc2ccccc2c1)c1ccco1)[N+](=O)[O-]. The lowest BCUT2D eigenvalue weighted by molar-refractivity contribution is -0.565. The number of carbonyl (C=O) groups is 1. The number of nitrogens with one attached hydrogen (secondary N) is 1. The first-order valence-corrected chi connectivity index (χ1v) is 9.08. The number of amides is 2. The van der Waals surface area contributed by atoms with E-state index in [1.165, 1.54) is 6.26 Å². The Morgan fingerprint density at radius 1 is 1.21 bits per heavy atom. The van der Waals surface area contributed by atoms with Crippen molar-refractivity contribution >= 4 is 22.5 Å². The lowest BCUT2D eigenvalue weighted by atomic mass is 9.81. The second-order valence-electron chi connectivity index (χ2n) is 7.28. The van der Waals surface area contributed by atoms with Crippen molar-refractivity contribution in [3.05, 3.63) is 82.3 Å². The van der Waals surface area contributed by atoms with Crippen LogP contribution in [0.15, 0.2) is 70.4 Å². The zero-order chi connectivity index (χ0) is 21.0. The van der Waals surface area contributed by atoms with E-state index < -0.39 is 17.5 Å². The highest BCUT2D eigenvalue weighted by atomic mass is 16.6. The number of furan rings is 1. The number of benzene rings is 2. The van der Waals surface area contributed by atoms with Gasteiger partial charge in [0.15, 0.2) is 0 Å². The average molecular weight is 394 g/mol. The zero-order valence-electron chi connectivity index (χ0n) is 16.2. The summed E-state index contributed by atoms with van der Waals surface area (Å²) in [5.74, 6) is -0.147. The van der Waals surface area contributed by atoms with Crippen molar-refractivity contribution in [1.29, 1.82) is 0 Å². The van der Waals surface area contributed by atoms with Crippen LogP contribution >= 0.6 is 0 Å². The molecule has 29 heavy (non-hydrogen) atoms. The summed E-state index contributed by atoms with van der Waals surface area (Å²) in [5.41, 5.74) is 7.30. The molecule has 1 aromatic heterocycles. The maximum atomic E-state index is 11.8. The first-order valence-electron chi connectivity index (χ1n) is 9.08. The van der Waals surface area contributed by atoms with Crippen LogP contribution in [0.25, 0.3) is 10.8 Å². The van der Waals surface area contributed by atoms with Crippen LogP contribution in [-0.2, 0) is 0 Å². The number of fused-ring (bicyclic) bond motifs is 1. The standard InChI is InChI=1S/C21H22N4O4/c1-21(2,25(27)28)17(19-8-5-11-29-19)13-18(23-24-20(22)26)16-10-9-14-6-3-4-7-15(14)12-16/h3-12,17H,13H2,1-2H3,(H3,22,24,26)/b23-18-. The van der Waals surface area contributed by atoms with Crippen LogP contribution in [0.5, 0.6) is 0 Å². The number of nitrogens with zero attached hydrogens (tertiary/aromatic N) is 2. The Morgan fingerprint density at radius 3 is 2.55 bits per heavy atom. The van der Waals surface area contributed by atoms with Gasteiger partial charge >= 0.3 is 6.03 Å². The Morgan fingerprint density at radius 2 is 1.93 bits per heavy atom. The summed E-state index contributed by atoms with van der Waals surface area (Å²) in [4.78, 5) is 22.7. The van der Waals surface area contributed by atoms with Crippen molar-refractivity contribution in [3.63, 3.8) is 0 Å². The summed E-state index contributed by atoms with van der Waals surface area (Å²) in [6.07, 6.45) is 1.65. The molecule has 0 saturated carbocycles. The molecule has 3 N–H and O–H groups in total. The Hall–Kier alpha value is -3.68. The minimum absolute atomic E-state index is 0.167. The van der Waals surface area contributed by atoms with Crippen molar-refractivity contribution in [2.75, 3.05) is 0 Å². The van der Waals surface area contributed by atoms with E-state index in [2.05, 4.69) is 10.5 Å². The van der Waals surface area contributed by atoms with E-state index in [0.717, 1.165) is 16.3 Å². The fourth-order valence-corrected chi connectivity index (χ4v) is 3.23. The van der Waals surface area contributed by atoms with Gasteiger partial charge in [-0.1, -0.05) is 36.4 Å². The summed E-state index contributed by atoms with van der Waals surface area (Å²) in [6, 6.07) is 16.1. The fraction of sp³-hybridized carbons (Fsp3) is 0.238. The topological polar surface area (TPSA) is 124 Å². The summed E-state index contributed by atoms with van der Waals surface area (Å²) >= 11 is 0. The molecule has 2 aromatic carbocycles. The second-order valence-corrected chi connectivity index (χ2v) is 7.28. The molecule has 0 bridgehead atoms. The molecule has 2 amide bonds. The van der Waals surface area contributed by atoms with Crippen molar-refractivity contribution < 1.29 is 14.1 Å². The third-order valence-corrected chi connectivity index (χ3v) is 4.99. The van der Waals surface area contributed by atoms with Gasteiger partial charge in [0.05, 0.1) is 17.9 Å². The van der Waals surface area contributed by atoms with Crippen LogP contribution in [0.1, 0.15) is 37.5 Å². The number of nitrogens with two attached hydrogens (primary N) is 1. The molecule has 0 aliphatic carbocycles. The number of rotatable bonds is 7. The summed E-state index contributed by atoms with van der Waals surface area (Å²) < 4.78 is 5.49. The number of hydrogen-bond acceptors (Lipinski definition) is 5. The first-order chi connectivity index (χ1) is 13.8. The molecule has 8 nitrogen and oxygen atoms in total. The van der Waals surface area contributed by atoms with Gasteiger partial charge in [0, 0.05) is 25.2 Å². The normalized spacial score (nSPS) is 13.2. The lowest BCUT2D eigenvalue weighted by Gasteiger charge is -2.25. The number of urea groups is 1. The maximum absolute atomic E-state index is 11.8. The van der Waals surface area contributed by atoms with Gasteiger partial charge in [-0.15, -0.1) is 0 Å². The molecule has 1 unspecified atom stereocenters. The molecule has 3 aromatic rings. The van der Waals surface area contributed by atoms with E-state index in [1.807, 2.05) is 42.5 Å². The molecular formula is C21H22N4O4. The summed E-state index contributed by atoms with van der Waals surface area (Å²) in [5, 5.41) is 17.9. The highest BCUT2D eigenvalue weighted by Crippen LogP contribution is 2.35. The number of primary amides is 1. The first kappa shape index (κ1) is 20.1. The van der Waals surface area contributed by atoms with Gasteiger partial charge in [-0.25, -0.2) is 10.2 Å². The lowest BCUT2D eigenvalue weighted by Crippen LogP contribution is -2.39. The number of carbonyl (C=O) groups excluding carboxylic acids is 1. The predicted molar refractivity (Wildman–Crippen MR) is 110 cm³/mol. The highest BCUT2D eigenvalue weighted by Gasteiger charge is 2.44. The van der Waals surface area contributed by atoms with Crippen LogP contribution in [0.3, 0.4) is 0 Å². The molecule has 0 fully saturated rings. The van der Waals surface area contributed by atoms with Gasteiger partial charge < -0.3 is 10.2 Å². The van der Waals surface area contributed by atoms with Crippen molar-refractivity contribution in [3.8, 4) is 0 Å². The molecule has 0 aliphatic rings. The average Bonchev–Trinajstić information content (AvgIpc) is 3.21. The molecular weight excluding hydrogens is 372 g/mol. The monoisotopic (exact) mass is 394 g/mol. The van der Waals surface area contributed by atoms with E-state index >= 15 is 0 Å². The Balaban J connectivity index is 2.06. The molecule has 1 heterocycles. The van der Waals surface area contributed by atoms with E-state index in [9.17, 15) is 14.9 Å². The number of hydrazone groups is 1. The molecule has 0 spiro atoms. The number of hydrogen-bond donors (Lipinski definition) is 2. The predicted octanol–water partition coefficient (Wildman–Crippen LogP) is 4.03. The van der Waals surface area contributed by atoms with Gasteiger partial charge in [0.1, 0.15) is 5.76 Å². The molecule has 0 aliphatic heterocycles. The van der Waals surface area contributed by atoms with E-state index in [4.69, 9.17) is 10.2 Å². The van der Waals surface area contributed by atoms with Crippen LogP contribution in [0.4, 0.5) is 4.79 Å². The van der Waals surface area contributed by atoms with Crippen LogP contribution in [0.2, 0.25) is 0 Å². The second kappa shape index (κ2) is 8.14. The highest BCUT2D eigenvalue weighted by molar-refractivity contribution is 6.04. The van der Waals surface area contributed by atoms with Crippen LogP contribution < -0.4 is 11.2 Å². The number of nitro groups is 1. The van der Waals surface area contributed by atoms with Crippen molar-refractivity contribution in [1.82, 2.24) is 5.43 Å². The molecule has 1 atom stereocenters. The molecule has 0 radical (unpaired) electrons. The van der Waals surface area contributed by atoms with Gasteiger partial charge in [-0.05, 0) is 34.5 Å². The molecule has 3 rings (SSSR count). The maximum Gasteiger partial charge on any atom is 0.332 e. The molecule has 0 saturated heterocycles. The third-order valence-electron chi connectivity index (χ3n) is 4.99.